The number of carbonyl (C=O) groups is 1. The van der Waals surface area contributed by atoms with Crippen LogP contribution in [0.3, 0.4) is 0 Å². The maximum Gasteiger partial charge on any atom is 0.509 e. The van der Waals surface area contributed by atoms with E-state index in [1.54, 1.807) is 11.8 Å². The van der Waals surface area contributed by atoms with Crippen LogP contribution in [-0.2, 0) is 9.47 Å². The molecule has 1 saturated heterocycles. The molecule has 1 aromatic carbocycles. The Balaban J connectivity index is 1.67. The fourth-order valence-corrected chi connectivity index (χ4v) is 3.99. The van der Waals surface area contributed by atoms with E-state index in [0.29, 0.717) is 0 Å². The largest absolute Gasteiger partial charge is 0.509 e. The maximum atomic E-state index is 11.5. The molecule has 1 unspecified atom stereocenters. The lowest BCUT2D eigenvalue weighted by Gasteiger charge is -2.34. The number of hydrogen-bond acceptors (Lipinski definition) is 4. The minimum Gasteiger partial charge on any atom is -0.426 e. The number of benzene rings is 1. The van der Waals surface area contributed by atoms with Crippen LogP contribution in [0.1, 0.15) is 32.1 Å². The Morgan fingerprint density at radius 3 is 2.63 bits per heavy atom. The van der Waals surface area contributed by atoms with Gasteiger partial charge in [-0.25, -0.2) is 4.79 Å². The van der Waals surface area contributed by atoms with Crippen molar-refractivity contribution in [3.63, 3.8) is 0 Å². The van der Waals surface area contributed by atoms with E-state index in [0.717, 1.165) is 31.4 Å². The molecule has 2 aliphatic rings. The van der Waals surface area contributed by atoms with Gasteiger partial charge in [-0.05, 0) is 37.8 Å². The fraction of sp³-hybridized carbons (Fsp3) is 0.533. The molecule has 1 saturated carbocycles. The highest BCUT2D eigenvalue weighted by atomic mass is 32.2. The van der Waals surface area contributed by atoms with Crippen molar-refractivity contribution in [1.29, 1.82) is 0 Å². The summed E-state index contributed by atoms with van der Waals surface area (Å²) in [4.78, 5) is 12.7. The molecule has 3 rings (SSSR count). The summed E-state index contributed by atoms with van der Waals surface area (Å²) >= 11 is 1.73. The normalized spacial score (nSPS) is 25.1. The van der Waals surface area contributed by atoms with E-state index in [9.17, 15) is 4.79 Å². The predicted molar refractivity (Wildman–Crippen MR) is 74.3 cm³/mol. The standard InChI is InChI=1S/C15H18O3S/c16-14-17-13(11-19-12-7-3-1-4-8-12)15(18-14)9-5-2-6-10-15/h1,3-4,7-8,13H,2,5-6,9-11H2. The van der Waals surface area contributed by atoms with E-state index in [-0.39, 0.29) is 11.7 Å². The van der Waals surface area contributed by atoms with Crippen LogP contribution in [0.4, 0.5) is 4.79 Å². The number of rotatable bonds is 3. The van der Waals surface area contributed by atoms with Gasteiger partial charge in [-0.15, -0.1) is 11.8 Å². The Kier molecular flexibility index (Phi) is 3.69. The Bertz CT molecular complexity index is 440. The Morgan fingerprint density at radius 1 is 1.16 bits per heavy atom. The highest BCUT2D eigenvalue weighted by Gasteiger charge is 2.51. The summed E-state index contributed by atoms with van der Waals surface area (Å²) in [5.41, 5.74) is -0.350. The van der Waals surface area contributed by atoms with Gasteiger partial charge < -0.3 is 9.47 Å². The molecular formula is C15H18O3S. The van der Waals surface area contributed by atoms with Gasteiger partial charge in [-0.2, -0.15) is 0 Å². The van der Waals surface area contributed by atoms with Crippen molar-refractivity contribution in [2.24, 2.45) is 0 Å². The lowest BCUT2D eigenvalue weighted by molar-refractivity contribution is 0.00276. The van der Waals surface area contributed by atoms with Crippen LogP contribution in [0.25, 0.3) is 0 Å². The molecule has 1 spiro atoms. The first-order valence-corrected chi connectivity index (χ1v) is 7.85. The van der Waals surface area contributed by atoms with Crippen molar-refractivity contribution in [1.82, 2.24) is 0 Å². The molecule has 1 aromatic rings. The second-order valence-corrected chi connectivity index (χ2v) is 6.30. The van der Waals surface area contributed by atoms with Crippen LogP contribution < -0.4 is 0 Å². The van der Waals surface area contributed by atoms with Crippen molar-refractivity contribution >= 4 is 17.9 Å². The molecular weight excluding hydrogens is 260 g/mol. The molecule has 1 heterocycles. The van der Waals surface area contributed by atoms with E-state index in [2.05, 4.69) is 12.1 Å². The summed E-state index contributed by atoms with van der Waals surface area (Å²) in [5, 5.41) is 0. The highest BCUT2D eigenvalue weighted by Crippen LogP contribution is 2.42. The Labute approximate surface area is 117 Å². The molecule has 1 atom stereocenters. The zero-order chi connectivity index (χ0) is 13.1. The second kappa shape index (κ2) is 5.45. The lowest BCUT2D eigenvalue weighted by atomic mass is 9.81. The van der Waals surface area contributed by atoms with Crippen LogP contribution in [0.15, 0.2) is 35.2 Å². The third-order valence-electron chi connectivity index (χ3n) is 3.96. The van der Waals surface area contributed by atoms with Crippen molar-refractivity contribution in [3.8, 4) is 0 Å². The van der Waals surface area contributed by atoms with E-state index in [4.69, 9.17) is 9.47 Å². The average Bonchev–Trinajstić information content (AvgIpc) is 2.74. The van der Waals surface area contributed by atoms with E-state index < -0.39 is 6.16 Å². The first kappa shape index (κ1) is 12.9. The van der Waals surface area contributed by atoms with Crippen LogP contribution in [0.2, 0.25) is 0 Å². The number of cyclic esters (lactones) is 1. The van der Waals surface area contributed by atoms with Crippen LogP contribution >= 0.6 is 11.8 Å². The smallest absolute Gasteiger partial charge is 0.426 e. The first-order valence-electron chi connectivity index (χ1n) is 6.86. The molecule has 0 amide bonds. The molecule has 0 bridgehead atoms. The molecule has 4 heteroatoms. The van der Waals surface area contributed by atoms with Crippen molar-refractivity contribution in [2.45, 2.75) is 48.7 Å². The third-order valence-corrected chi connectivity index (χ3v) is 5.03. The van der Waals surface area contributed by atoms with Gasteiger partial charge in [0.25, 0.3) is 0 Å². The second-order valence-electron chi connectivity index (χ2n) is 5.21. The SMILES string of the molecule is O=C1OC(CSc2ccccc2)C2(CCCCC2)O1. The molecule has 0 N–H and O–H groups in total. The van der Waals surface area contributed by atoms with Crippen molar-refractivity contribution < 1.29 is 14.3 Å². The van der Waals surface area contributed by atoms with Crippen molar-refractivity contribution in [2.75, 3.05) is 5.75 Å². The molecule has 1 aliphatic heterocycles. The fourth-order valence-electron chi connectivity index (χ4n) is 2.93. The number of thioether (sulfide) groups is 1. The first-order chi connectivity index (χ1) is 9.28. The van der Waals surface area contributed by atoms with Gasteiger partial charge in [-0.3, -0.25) is 0 Å². The van der Waals surface area contributed by atoms with E-state index in [1.807, 2.05) is 18.2 Å². The van der Waals surface area contributed by atoms with Crippen LogP contribution in [0, 0.1) is 0 Å². The molecule has 102 valence electrons. The van der Waals surface area contributed by atoms with Gasteiger partial charge in [0.1, 0.15) is 0 Å². The molecule has 2 fully saturated rings. The van der Waals surface area contributed by atoms with E-state index >= 15 is 0 Å². The minimum atomic E-state index is -0.486. The molecule has 3 nitrogen and oxygen atoms in total. The summed E-state index contributed by atoms with van der Waals surface area (Å²) in [6, 6.07) is 10.2. The summed E-state index contributed by atoms with van der Waals surface area (Å²) in [6.45, 7) is 0. The quantitative estimate of drug-likeness (QED) is 0.618. The minimum absolute atomic E-state index is 0.106. The summed E-state index contributed by atoms with van der Waals surface area (Å²) < 4.78 is 10.9. The number of ether oxygens (including phenoxy) is 2. The molecule has 19 heavy (non-hydrogen) atoms. The van der Waals surface area contributed by atoms with Crippen LogP contribution in [0.5, 0.6) is 0 Å². The average molecular weight is 278 g/mol. The third kappa shape index (κ3) is 2.73. The monoisotopic (exact) mass is 278 g/mol. The van der Waals surface area contributed by atoms with Gasteiger partial charge >= 0.3 is 6.16 Å². The van der Waals surface area contributed by atoms with Crippen molar-refractivity contribution in [3.05, 3.63) is 30.3 Å². The topological polar surface area (TPSA) is 35.5 Å². The zero-order valence-electron chi connectivity index (χ0n) is 10.8. The van der Waals surface area contributed by atoms with Gasteiger partial charge in [0.2, 0.25) is 0 Å². The predicted octanol–water partition coefficient (Wildman–Crippen LogP) is 4.02. The highest BCUT2D eigenvalue weighted by molar-refractivity contribution is 7.99. The number of hydrogen-bond donors (Lipinski definition) is 0. The van der Waals surface area contributed by atoms with Gasteiger partial charge in [0, 0.05) is 10.6 Å². The van der Waals surface area contributed by atoms with Gasteiger partial charge in [0.15, 0.2) is 11.7 Å². The Morgan fingerprint density at radius 2 is 1.89 bits per heavy atom. The van der Waals surface area contributed by atoms with E-state index in [1.165, 1.54) is 11.3 Å². The van der Waals surface area contributed by atoms with Gasteiger partial charge in [0.05, 0.1) is 0 Å². The summed E-state index contributed by atoms with van der Waals surface area (Å²) in [5.74, 6) is 0.774. The molecule has 0 radical (unpaired) electrons. The Hall–Kier alpha value is -1.16. The lowest BCUT2D eigenvalue weighted by Crippen LogP contribution is -2.43. The molecule has 1 aliphatic carbocycles. The molecule has 0 aromatic heterocycles. The summed E-state index contributed by atoms with van der Waals surface area (Å²) in [7, 11) is 0. The number of carbonyl (C=O) groups excluding carboxylic acids is 1. The zero-order valence-corrected chi connectivity index (χ0v) is 11.7. The van der Waals surface area contributed by atoms with Gasteiger partial charge in [-0.1, -0.05) is 24.6 Å². The summed E-state index contributed by atoms with van der Waals surface area (Å²) in [6.07, 6.45) is 4.79. The van der Waals surface area contributed by atoms with Crippen LogP contribution in [-0.4, -0.2) is 23.6 Å². The maximum absolute atomic E-state index is 11.5.